The average Bonchev–Trinajstić information content (AvgIpc) is 3.22. The predicted molar refractivity (Wildman–Crippen MR) is 132 cm³/mol. The second kappa shape index (κ2) is 11.1. The number of aromatic nitrogens is 1. The van der Waals surface area contributed by atoms with Gasteiger partial charge in [0, 0.05) is 18.4 Å². The van der Waals surface area contributed by atoms with E-state index in [9.17, 15) is 9.59 Å². The van der Waals surface area contributed by atoms with E-state index in [1.807, 2.05) is 57.2 Å². The van der Waals surface area contributed by atoms with Crippen molar-refractivity contribution in [3.05, 3.63) is 75.3 Å². The Morgan fingerprint density at radius 1 is 1.18 bits per heavy atom. The number of carbonyl (C=O) groups is 2. The van der Waals surface area contributed by atoms with Crippen molar-refractivity contribution in [2.45, 2.75) is 34.3 Å². The molecule has 0 radical (unpaired) electrons. The molecule has 0 bridgehead atoms. The Morgan fingerprint density at radius 3 is 2.55 bits per heavy atom. The smallest absolute Gasteiger partial charge is 0.331 e. The molecule has 0 unspecified atom stereocenters. The molecule has 0 aliphatic heterocycles. The van der Waals surface area contributed by atoms with Gasteiger partial charge in [-0.25, -0.2) is 9.78 Å². The fraction of sp³-hybridized carbons (Fsp3) is 0.240. The van der Waals surface area contributed by atoms with Crippen molar-refractivity contribution in [1.29, 1.82) is 0 Å². The zero-order chi connectivity index (χ0) is 24.0. The van der Waals surface area contributed by atoms with Gasteiger partial charge in [-0.3, -0.25) is 9.69 Å². The molecular formula is C25H25ClN2O4S. The summed E-state index contributed by atoms with van der Waals surface area (Å²) in [7, 11) is 0. The van der Waals surface area contributed by atoms with Gasteiger partial charge in [-0.1, -0.05) is 29.8 Å². The van der Waals surface area contributed by atoms with Crippen molar-refractivity contribution in [1.82, 2.24) is 4.98 Å². The molecule has 0 saturated carbocycles. The maximum atomic E-state index is 12.4. The van der Waals surface area contributed by atoms with Crippen molar-refractivity contribution in [3.63, 3.8) is 0 Å². The van der Waals surface area contributed by atoms with Crippen molar-refractivity contribution in [3.8, 4) is 5.75 Å². The second-order valence-electron chi connectivity index (χ2n) is 7.33. The van der Waals surface area contributed by atoms with E-state index >= 15 is 0 Å². The number of benzene rings is 2. The molecule has 0 spiro atoms. The Bertz CT molecular complexity index is 1150. The zero-order valence-corrected chi connectivity index (χ0v) is 20.5. The van der Waals surface area contributed by atoms with Gasteiger partial charge in [-0.2, -0.15) is 0 Å². The molecule has 0 aliphatic carbocycles. The Labute approximate surface area is 202 Å². The van der Waals surface area contributed by atoms with Gasteiger partial charge in [0.2, 0.25) is 5.91 Å². The van der Waals surface area contributed by atoms with Crippen LogP contribution in [0, 0.1) is 13.8 Å². The Hall–Kier alpha value is -3.16. The van der Waals surface area contributed by atoms with Crippen LogP contribution in [0.25, 0.3) is 6.08 Å². The molecule has 33 heavy (non-hydrogen) atoms. The van der Waals surface area contributed by atoms with Gasteiger partial charge in [0.05, 0.1) is 23.0 Å². The van der Waals surface area contributed by atoms with Gasteiger partial charge < -0.3 is 9.47 Å². The van der Waals surface area contributed by atoms with E-state index in [2.05, 4.69) is 4.98 Å². The molecule has 1 amide bonds. The number of anilines is 2. The molecule has 1 aromatic heterocycles. The lowest BCUT2D eigenvalue weighted by Gasteiger charge is -2.22. The number of hydrogen-bond donors (Lipinski definition) is 0. The van der Waals surface area contributed by atoms with E-state index in [0.717, 1.165) is 22.4 Å². The summed E-state index contributed by atoms with van der Waals surface area (Å²) in [5.41, 5.74) is 3.89. The van der Waals surface area contributed by atoms with E-state index in [1.54, 1.807) is 11.5 Å². The van der Waals surface area contributed by atoms with Crippen molar-refractivity contribution in [2.75, 3.05) is 11.5 Å². The van der Waals surface area contributed by atoms with Crippen LogP contribution in [0.5, 0.6) is 5.75 Å². The summed E-state index contributed by atoms with van der Waals surface area (Å²) >= 11 is 7.73. The van der Waals surface area contributed by atoms with Gasteiger partial charge in [-0.05, 0) is 61.7 Å². The minimum atomic E-state index is -0.487. The van der Waals surface area contributed by atoms with E-state index in [-0.39, 0.29) is 12.5 Å². The predicted octanol–water partition coefficient (Wildman–Crippen LogP) is 6.25. The average molecular weight is 485 g/mol. The number of carbonyl (C=O) groups excluding carboxylic acids is 2. The van der Waals surface area contributed by atoms with Crippen LogP contribution in [-0.4, -0.2) is 23.5 Å². The first-order valence-electron chi connectivity index (χ1n) is 10.4. The Morgan fingerprint density at radius 2 is 1.91 bits per heavy atom. The fourth-order valence-corrected chi connectivity index (χ4v) is 4.51. The van der Waals surface area contributed by atoms with Crippen molar-refractivity contribution >= 4 is 51.7 Å². The second-order valence-corrected chi connectivity index (χ2v) is 8.57. The van der Waals surface area contributed by atoms with E-state index < -0.39 is 5.97 Å². The quantitative estimate of drug-likeness (QED) is 0.279. The number of aryl methyl sites for hydroxylation is 2. The summed E-state index contributed by atoms with van der Waals surface area (Å²) in [4.78, 5) is 30.5. The van der Waals surface area contributed by atoms with Gasteiger partial charge in [0.25, 0.3) is 0 Å². The maximum absolute atomic E-state index is 12.4. The minimum Gasteiger partial charge on any atom is -0.494 e. The Balaban J connectivity index is 1.66. The van der Waals surface area contributed by atoms with Crippen molar-refractivity contribution < 1.29 is 19.1 Å². The van der Waals surface area contributed by atoms with Crippen LogP contribution in [0.2, 0.25) is 5.02 Å². The number of hydrogen-bond acceptors (Lipinski definition) is 6. The largest absolute Gasteiger partial charge is 0.494 e. The molecule has 6 nitrogen and oxygen atoms in total. The number of esters is 1. The topological polar surface area (TPSA) is 68.7 Å². The lowest BCUT2D eigenvalue weighted by atomic mass is 10.1. The lowest BCUT2D eigenvalue weighted by molar-refractivity contribution is -0.139. The third kappa shape index (κ3) is 6.43. The van der Waals surface area contributed by atoms with Crippen LogP contribution in [0.1, 0.15) is 36.2 Å². The van der Waals surface area contributed by atoms with Crippen LogP contribution in [0.15, 0.2) is 47.9 Å². The van der Waals surface area contributed by atoms with Crippen molar-refractivity contribution in [2.24, 2.45) is 0 Å². The molecule has 0 atom stereocenters. The lowest BCUT2D eigenvalue weighted by Crippen LogP contribution is -2.24. The van der Waals surface area contributed by atoms with Gasteiger partial charge in [0.15, 0.2) is 5.13 Å². The molecule has 2 aromatic carbocycles. The molecule has 0 fully saturated rings. The highest BCUT2D eigenvalue weighted by Gasteiger charge is 2.22. The summed E-state index contributed by atoms with van der Waals surface area (Å²) in [5.74, 6) is 0.0811. The highest BCUT2D eigenvalue weighted by atomic mass is 35.5. The SMILES string of the molecule is CCOc1ccc(/C=C/C(=O)OCc2csc(N(C(C)=O)c3c(C)cc(C)cc3Cl)n2)cc1. The molecule has 3 aromatic rings. The third-order valence-corrected chi connectivity index (χ3v) is 5.80. The summed E-state index contributed by atoms with van der Waals surface area (Å²) in [6, 6.07) is 11.2. The highest BCUT2D eigenvalue weighted by Crippen LogP contribution is 2.37. The van der Waals surface area contributed by atoms with Gasteiger partial charge in [0.1, 0.15) is 12.4 Å². The normalized spacial score (nSPS) is 10.9. The molecule has 172 valence electrons. The monoisotopic (exact) mass is 484 g/mol. The van der Waals surface area contributed by atoms with Crippen LogP contribution in [0.3, 0.4) is 0 Å². The maximum Gasteiger partial charge on any atom is 0.331 e. The van der Waals surface area contributed by atoms with E-state index in [1.165, 1.54) is 29.2 Å². The molecular weight excluding hydrogens is 460 g/mol. The molecule has 1 heterocycles. The van der Waals surface area contributed by atoms with E-state index in [4.69, 9.17) is 21.1 Å². The molecule has 0 saturated heterocycles. The summed E-state index contributed by atoms with van der Waals surface area (Å²) in [6.07, 6.45) is 3.03. The first-order chi connectivity index (χ1) is 15.8. The zero-order valence-electron chi connectivity index (χ0n) is 18.9. The van der Waals surface area contributed by atoms with Crippen LogP contribution in [-0.2, 0) is 20.9 Å². The van der Waals surface area contributed by atoms with Crippen LogP contribution >= 0.6 is 22.9 Å². The van der Waals surface area contributed by atoms with Gasteiger partial charge in [-0.15, -0.1) is 11.3 Å². The van der Waals surface area contributed by atoms with Crippen LogP contribution in [0.4, 0.5) is 10.8 Å². The first kappa shape index (κ1) is 24.5. The summed E-state index contributed by atoms with van der Waals surface area (Å²) < 4.78 is 10.7. The van der Waals surface area contributed by atoms with Crippen LogP contribution < -0.4 is 9.64 Å². The number of amides is 1. The summed E-state index contributed by atoms with van der Waals surface area (Å²) in [6.45, 7) is 7.82. The number of nitrogens with zero attached hydrogens (tertiary/aromatic N) is 2. The number of ether oxygens (including phenoxy) is 2. The third-order valence-electron chi connectivity index (χ3n) is 4.63. The molecule has 3 rings (SSSR count). The number of thiazole rings is 1. The fourth-order valence-electron chi connectivity index (χ4n) is 3.24. The molecule has 0 N–H and O–H groups in total. The minimum absolute atomic E-state index is 0.00465. The highest BCUT2D eigenvalue weighted by molar-refractivity contribution is 7.14. The first-order valence-corrected chi connectivity index (χ1v) is 11.6. The standard InChI is InChI=1S/C25H25ClN2O4S/c1-5-31-21-9-6-19(7-10-21)8-11-23(30)32-14-20-15-33-25(27-20)28(18(4)29)24-17(3)12-16(2)13-22(24)26/h6-13,15H,5,14H2,1-4H3/b11-8+. The Kier molecular flexibility index (Phi) is 8.25. The molecule has 0 aliphatic rings. The number of halogens is 1. The van der Waals surface area contributed by atoms with Gasteiger partial charge >= 0.3 is 5.97 Å². The molecule has 8 heteroatoms. The number of rotatable bonds is 8. The summed E-state index contributed by atoms with van der Waals surface area (Å²) in [5, 5.41) is 2.70. The van der Waals surface area contributed by atoms with E-state index in [0.29, 0.717) is 28.1 Å².